The Morgan fingerprint density at radius 1 is 1.10 bits per heavy atom. The van der Waals surface area contributed by atoms with E-state index in [9.17, 15) is 9.59 Å². The van der Waals surface area contributed by atoms with Crippen LogP contribution in [-0.4, -0.2) is 69.4 Å². The van der Waals surface area contributed by atoms with Gasteiger partial charge in [-0.15, -0.1) is 11.3 Å². The number of piperidine rings is 1. The normalized spacial score (nSPS) is 15.3. The van der Waals surface area contributed by atoms with Gasteiger partial charge in [-0.3, -0.25) is 9.59 Å². The van der Waals surface area contributed by atoms with Gasteiger partial charge < -0.3 is 19.7 Å². The number of amides is 2. The van der Waals surface area contributed by atoms with E-state index in [1.54, 1.807) is 11.3 Å². The summed E-state index contributed by atoms with van der Waals surface area (Å²) in [6.07, 6.45) is 6.57. The summed E-state index contributed by atoms with van der Waals surface area (Å²) in [7, 11) is 0. The van der Waals surface area contributed by atoms with E-state index < -0.39 is 6.04 Å². The zero-order valence-corrected chi connectivity index (χ0v) is 27.4. The molecule has 1 aromatic carbocycles. The molecule has 0 aliphatic carbocycles. The molecule has 1 fully saturated rings. The number of benzene rings is 1. The molecular formula is C34H51N5O2S. The third kappa shape index (κ3) is 7.62. The molecule has 1 atom stereocenters. The van der Waals surface area contributed by atoms with E-state index in [0.29, 0.717) is 24.1 Å². The van der Waals surface area contributed by atoms with Gasteiger partial charge >= 0.3 is 0 Å². The standard InChI is InChI=1S/C34H51N5O2S/c1-7-17-37(10-4)27-15-18-38(19-16-27)34(41)30(21-24(5)6)36-33(40)25-13-14-31-29(22-25)35-32(23-28-12-11-20-42-28)39(31)26(8-2)9-3/h11-14,20,22,24,26-27,30H,7-10,15-19,21,23H2,1-6H3,(H,36,40)/t30-/m0/s1. The molecule has 7 nitrogen and oxygen atoms in total. The maximum atomic E-state index is 13.7. The highest BCUT2D eigenvalue weighted by molar-refractivity contribution is 7.09. The lowest BCUT2D eigenvalue weighted by Crippen LogP contribution is -2.53. The first-order valence-electron chi connectivity index (χ1n) is 16.2. The number of nitrogens with zero attached hydrogens (tertiary/aromatic N) is 4. The van der Waals surface area contributed by atoms with Crippen molar-refractivity contribution >= 4 is 34.2 Å². The van der Waals surface area contributed by atoms with Crippen molar-refractivity contribution in [3.63, 3.8) is 0 Å². The highest BCUT2D eigenvalue weighted by atomic mass is 32.1. The summed E-state index contributed by atoms with van der Waals surface area (Å²) in [6.45, 7) is 16.8. The van der Waals surface area contributed by atoms with Crippen LogP contribution in [0.4, 0.5) is 0 Å². The van der Waals surface area contributed by atoms with Gasteiger partial charge in [0.25, 0.3) is 5.91 Å². The molecule has 0 spiro atoms. The summed E-state index contributed by atoms with van der Waals surface area (Å²) in [4.78, 5) is 38.1. The van der Waals surface area contributed by atoms with E-state index in [2.05, 4.69) is 73.8 Å². The molecule has 0 radical (unpaired) electrons. The Morgan fingerprint density at radius 2 is 1.83 bits per heavy atom. The molecule has 1 saturated heterocycles. The molecule has 2 aromatic heterocycles. The summed E-state index contributed by atoms with van der Waals surface area (Å²) in [5, 5.41) is 5.22. The molecule has 1 aliphatic rings. The molecular weight excluding hydrogens is 542 g/mol. The predicted octanol–water partition coefficient (Wildman–Crippen LogP) is 6.92. The van der Waals surface area contributed by atoms with Crippen LogP contribution in [0.5, 0.6) is 0 Å². The van der Waals surface area contributed by atoms with Crippen LogP contribution in [0.25, 0.3) is 11.0 Å². The number of thiophene rings is 1. The smallest absolute Gasteiger partial charge is 0.252 e. The van der Waals surface area contributed by atoms with E-state index in [1.807, 2.05) is 23.1 Å². The van der Waals surface area contributed by atoms with Crippen molar-refractivity contribution in [1.82, 2.24) is 24.7 Å². The van der Waals surface area contributed by atoms with Gasteiger partial charge in [0.15, 0.2) is 0 Å². The number of aromatic nitrogens is 2. The molecule has 0 saturated carbocycles. The fourth-order valence-corrected chi connectivity index (χ4v) is 7.24. The van der Waals surface area contributed by atoms with Gasteiger partial charge in [-0.2, -0.15) is 0 Å². The molecule has 0 unspecified atom stereocenters. The third-order valence-electron chi connectivity index (χ3n) is 8.76. The Hall–Kier alpha value is -2.71. The lowest BCUT2D eigenvalue weighted by Gasteiger charge is -2.39. The second-order valence-corrected chi connectivity index (χ2v) is 13.2. The molecule has 3 heterocycles. The highest BCUT2D eigenvalue weighted by Gasteiger charge is 2.31. The topological polar surface area (TPSA) is 70.5 Å². The van der Waals surface area contributed by atoms with Crippen molar-refractivity contribution in [2.45, 2.75) is 105 Å². The SMILES string of the molecule is CCCN(CC)C1CCN(C(=O)[C@H](CC(C)C)NC(=O)c2ccc3c(c2)nc(Cc2cccs2)n3C(CC)CC)CC1. The van der Waals surface area contributed by atoms with Crippen LogP contribution in [-0.2, 0) is 11.2 Å². The Morgan fingerprint density at radius 3 is 2.43 bits per heavy atom. The van der Waals surface area contributed by atoms with Gasteiger partial charge in [0.2, 0.25) is 5.91 Å². The van der Waals surface area contributed by atoms with Crippen molar-refractivity contribution in [2.75, 3.05) is 26.2 Å². The second kappa shape index (κ2) is 15.1. The van der Waals surface area contributed by atoms with Crippen molar-refractivity contribution in [3.8, 4) is 0 Å². The van der Waals surface area contributed by atoms with Gasteiger partial charge in [-0.25, -0.2) is 4.98 Å². The number of carbonyl (C=O) groups is 2. The number of carbonyl (C=O) groups excluding carboxylic acids is 2. The van der Waals surface area contributed by atoms with Crippen LogP contribution < -0.4 is 5.32 Å². The Kier molecular flexibility index (Phi) is 11.6. The first-order chi connectivity index (χ1) is 20.3. The molecule has 8 heteroatoms. The monoisotopic (exact) mass is 593 g/mol. The zero-order chi connectivity index (χ0) is 30.2. The summed E-state index contributed by atoms with van der Waals surface area (Å²) in [5.74, 6) is 1.17. The van der Waals surface area contributed by atoms with Crippen molar-refractivity contribution in [3.05, 3.63) is 52.0 Å². The minimum absolute atomic E-state index is 0.0476. The third-order valence-corrected chi connectivity index (χ3v) is 9.64. The Labute approximate surface area is 256 Å². The first-order valence-corrected chi connectivity index (χ1v) is 17.0. The quantitative estimate of drug-likeness (QED) is 0.220. The maximum absolute atomic E-state index is 13.7. The predicted molar refractivity (Wildman–Crippen MR) is 174 cm³/mol. The van der Waals surface area contributed by atoms with Gasteiger partial charge in [0, 0.05) is 42.0 Å². The summed E-state index contributed by atoms with van der Waals surface area (Å²) < 4.78 is 2.37. The number of hydrogen-bond donors (Lipinski definition) is 1. The van der Waals surface area contributed by atoms with Crippen LogP contribution in [0.15, 0.2) is 35.7 Å². The second-order valence-electron chi connectivity index (χ2n) is 12.2. The molecule has 2 amide bonds. The Balaban J connectivity index is 1.52. The molecule has 3 aromatic rings. The number of hydrogen-bond acceptors (Lipinski definition) is 5. The van der Waals surface area contributed by atoms with Crippen molar-refractivity contribution < 1.29 is 9.59 Å². The molecule has 230 valence electrons. The van der Waals surface area contributed by atoms with Gasteiger partial charge in [-0.05, 0) is 87.2 Å². The highest BCUT2D eigenvalue weighted by Crippen LogP contribution is 2.29. The minimum Gasteiger partial charge on any atom is -0.341 e. The Bertz CT molecular complexity index is 1290. The fraction of sp³-hybridized carbons (Fsp3) is 0.618. The molecule has 42 heavy (non-hydrogen) atoms. The summed E-state index contributed by atoms with van der Waals surface area (Å²) >= 11 is 1.75. The molecule has 0 bridgehead atoms. The van der Waals surface area contributed by atoms with Crippen LogP contribution in [0.3, 0.4) is 0 Å². The zero-order valence-electron chi connectivity index (χ0n) is 26.6. The van der Waals surface area contributed by atoms with E-state index >= 15 is 0 Å². The lowest BCUT2D eigenvalue weighted by molar-refractivity contribution is -0.135. The average molecular weight is 594 g/mol. The van der Waals surface area contributed by atoms with Crippen LogP contribution >= 0.6 is 11.3 Å². The number of rotatable bonds is 14. The van der Waals surface area contributed by atoms with Crippen LogP contribution in [0, 0.1) is 5.92 Å². The van der Waals surface area contributed by atoms with E-state index in [1.165, 1.54) is 4.88 Å². The molecule has 1 N–H and O–H groups in total. The van der Waals surface area contributed by atoms with Crippen LogP contribution in [0.2, 0.25) is 0 Å². The number of likely N-dealkylation sites (tertiary alicyclic amines) is 1. The number of imidazole rings is 1. The number of nitrogens with one attached hydrogen (secondary N) is 1. The number of fused-ring (bicyclic) bond motifs is 1. The van der Waals surface area contributed by atoms with Gasteiger partial charge in [0.1, 0.15) is 11.9 Å². The molecule has 4 rings (SSSR count). The van der Waals surface area contributed by atoms with Crippen LogP contribution in [0.1, 0.15) is 107 Å². The largest absolute Gasteiger partial charge is 0.341 e. The molecule has 1 aliphatic heterocycles. The van der Waals surface area contributed by atoms with Gasteiger partial charge in [-0.1, -0.05) is 47.6 Å². The first kappa shape index (κ1) is 32.2. The lowest BCUT2D eigenvalue weighted by atomic mass is 9.98. The van der Waals surface area contributed by atoms with E-state index in [4.69, 9.17) is 4.98 Å². The van der Waals surface area contributed by atoms with Crippen molar-refractivity contribution in [2.24, 2.45) is 5.92 Å². The van der Waals surface area contributed by atoms with Crippen molar-refractivity contribution in [1.29, 1.82) is 0 Å². The maximum Gasteiger partial charge on any atom is 0.252 e. The minimum atomic E-state index is -0.529. The van der Waals surface area contributed by atoms with Gasteiger partial charge in [0.05, 0.1) is 11.0 Å². The van der Waals surface area contributed by atoms with E-state index in [-0.39, 0.29) is 17.7 Å². The fourth-order valence-electron chi connectivity index (χ4n) is 6.54. The van der Waals surface area contributed by atoms with E-state index in [0.717, 1.165) is 81.6 Å². The summed E-state index contributed by atoms with van der Waals surface area (Å²) in [5.41, 5.74) is 2.45. The average Bonchev–Trinajstić information content (AvgIpc) is 3.63. The summed E-state index contributed by atoms with van der Waals surface area (Å²) in [6, 6.07) is 10.4.